The Morgan fingerprint density at radius 1 is 1.40 bits per heavy atom. The summed E-state index contributed by atoms with van der Waals surface area (Å²) in [5, 5.41) is 3.17. The Morgan fingerprint density at radius 2 is 2.15 bits per heavy atom. The highest BCUT2D eigenvalue weighted by atomic mass is 19.4. The van der Waals surface area contributed by atoms with Crippen LogP contribution in [0.1, 0.15) is 38.3 Å². The van der Waals surface area contributed by atoms with Crippen LogP contribution in [0.25, 0.3) is 0 Å². The van der Waals surface area contributed by atoms with Gasteiger partial charge in [0.2, 0.25) is 0 Å². The maximum atomic E-state index is 12.7. The van der Waals surface area contributed by atoms with Gasteiger partial charge in [-0.25, -0.2) is 4.98 Å². The molecule has 0 saturated heterocycles. The molecule has 112 valence electrons. The lowest BCUT2D eigenvalue weighted by Gasteiger charge is -2.43. The molecule has 0 bridgehead atoms. The standard InChI is InChI=1S/C14H20F3N3/c1-10-5-2-3-8-13(10,9-18)20-12-7-4-6-11(19-12)14(15,16)17/h4,6-7,10H,2-3,5,8-9,18H2,1H3,(H,19,20). The van der Waals surface area contributed by atoms with Crippen molar-refractivity contribution in [3.63, 3.8) is 0 Å². The number of nitrogens with two attached hydrogens (primary N) is 1. The average molecular weight is 287 g/mol. The van der Waals surface area contributed by atoms with E-state index in [2.05, 4.69) is 17.2 Å². The van der Waals surface area contributed by atoms with Crippen molar-refractivity contribution in [1.82, 2.24) is 4.98 Å². The number of nitrogens with one attached hydrogen (secondary N) is 1. The molecule has 3 nitrogen and oxygen atoms in total. The minimum absolute atomic E-state index is 0.249. The fraction of sp³-hybridized carbons (Fsp3) is 0.643. The third-order valence-electron chi connectivity index (χ3n) is 4.23. The normalized spacial score (nSPS) is 27.4. The molecule has 0 aliphatic heterocycles. The molecule has 3 N–H and O–H groups in total. The van der Waals surface area contributed by atoms with Gasteiger partial charge in [-0.2, -0.15) is 13.2 Å². The second-order valence-electron chi connectivity index (χ2n) is 5.54. The van der Waals surface area contributed by atoms with Gasteiger partial charge in [0.05, 0.1) is 5.54 Å². The van der Waals surface area contributed by atoms with Crippen molar-refractivity contribution in [2.75, 3.05) is 11.9 Å². The van der Waals surface area contributed by atoms with E-state index in [0.717, 1.165) is 31.7 Å². The molecule has 1 fully saturated rings. The molecule has 2 rings (SSSR count). The van der Waals surface area contributed by atoms with Crippen molar-refractivity contribution in [3.8, 4) is 0 Å². The molecule has 20 heavy (non-hydrogen) atoms. The van der Waals surface area contributed by atoms with Crippen LogP contribution >= 0.6 is 0 Å². The van der Waals surface area contributed by atoms with Gasteiger partial charge in [0.15, 0.2) is 0 Å². The highest BCUT2D eigenvalue weighted by molar-refractivity contribution is 5.40. The van der Waals surface area contributed by atoms with Crippen molar-refractivity contribution in [3.05, 3.63) is 23.9 Å². The predicted octanol–water partition coefficient (Wildman–Crippen LogP) is 3.42. The molecule has 1 saturated carbocycles. The van der Waals surface area contributed by atoms with Gasteiger partial charge in [-0.3, -0.25) is 0 Å². The maximum Gasteiger partial charge on any atom is 0.433 e. The first kappa shape index (κ1) is 15.1. The quantitative estimate of drug-likeness (QED) is 0.895. The zero-order valence-electron chi connectivity index (χ0n) is 11.5. The molecule has 1 aromatic heterocycles. The fourth-order valence-electron chi connectivity index (χ4n) is 2.87. The van der Waals surface area contributed by atoms with Crippen LogP contribution in [0.15, 0.2) is 18.2 Å². The van der Waals surface area contributed by atoms with Gasteiger partial charge in [0.1, 0.15) is 11.5 Å². The topological polar surface area (TPSA) is 50.9 Å². The Hall–Kier alpha value is -1.30. The molecule has 1 aliphatic carbocycles. The van der Waals surface area contributed by atoms with Gasteiger partial charge in [0, 0.05) is 6.54 Å². The van der Waals surface area contributed by atoms with E-state index in [-0.39, 0.29) is 11.4 Å². The number of pyridine rings is 1. The SMILES string of the molecule is CC1CCCCC1(CN)Nc1cccc(C(F)(F)F)n1. The van der Waals surface area contributed by atoms with Gasteiger partial charge in [-0.1, -0.05) is 25.8 Å². The van der Waals surface area contributed by atoms with Gasteiger partial charge in [-0.05, 0) is 30.9 Å². The number of hydrogen-bond donors (Lipinski definition) is 2. The van der Waals surface area contributed by atoms with Crippen LogP contribution in [0, 0.1) is 5.92 Å². The average Bonchev–Trinajstić information content (AvgIpc) is 2.41. The second kappa shape index (κ2) is 5.60. The van der Waals surface area contributed by atoms with Crippen molar-refractivity contribution in [1.29, 1.82) is 0 Å². The Labute approximate surface area is 116 Å². The molecule has 0 spiro atoms. The minimum Gasteiger partial charge on any atom is -0.363 e. The summed E-state index contributed by atoms with van der Waals surface area (Å²) in [6, 6.07) is 3.91. The molecule has 0 aromatic carbocycles. The molecule has 1 aliphatic rings. The van der Waals surface area contributed by atoms with Gasteiger partial charge in [0.25, 0.3) is 0 Å². The maximum absolute atomic E-state index is 12.7. The second-order valence-corrected chi connectivity index (χ2v) is 5.54. The van der Waals surface area contributed by atoms with E-state index in [1.807, 2.05) is 0 Å². The first-order chi connectivity index (χ1) is 9.37. The Kier molecular flexibility index (Phi) is 4.22. The number of nitrogens with zero attached hydrogens (tertiary/aromatic N) is 1. The fourth-order valence-corrected chi connectivity index (χ4v) is 2.87. The van der Waals surface area contributed by atoms with Gasteiger partial charge in [-0.15, -0.1) is 0 Å². The van der Waals surface area contributed by atoms with E-state index in [1.54, 1.807) is 6.07 Å². The lowest BCUT2D eigenvalue weighted by atomic mass is 9.73. The molecule has 1 aromatic rings. The molecule has 2 unspecified atom stereocenters. The van der Waals surface area contributed by atoms with Crippen LogP contribution in [-0.2, 0) is 6.18 Å². The van der Waals surface area contributed by atoms with Crippen LogP contribution in [0.5, 0.6) is 0 Å². The van der Waals surface area contributed by atoms with Crippen LogP contribution < -0.4 is 11.1 Å². The van der Waals surface area contributed by atoms with E-state index in [0.29, 0.717) is 12.5 Å². The lowest BCUT2D eigenvalue weighted by Crippen LogP contribution is -2.52. The summed E-state index contributed by atoms with van der Waals surface area (Å²) in [6.45, 7) is 2.48. The molecule has 0 radical (unpaired) electrons. The van der Waals surface area contributed by atoms with E-state index >= 15 is 0 Å². The number of rotatable bonds is 3. The predicted molar refractivity (Wildman–Crippen MR) is 72.3 cm³/mol. The van der Waals surface area contributed by atoms with Crippen LogP contribution in [0.2, 0.25) is 0 Å². The lowest BCUT2D eigenvalue weighted by molar-refractivity contribution is -0.141. The monoisotopic (exact) mass is 287 g/mol. The molecule has 6 heteroatoms. The van der Waals surface area contributed by atoms with Crippen molar-refractivity contribution in [2.24, 2.45) is 11.7 Å². The summed E-state index contributed by atoms with van der Waals surface area (Å²) in [7, 11) is 0. The summed E-state index contributed by atoms with van der Waals surface area (Å²) < 4.78 is 38.1. The summed E-state index contributed by atoms with van der Waals surface area (Å²) in [5.41, 5.74) is 4.66. The summed E-state index contributed by atoms with van der Waals surface area (Å²) in [5.74, 6) is 0.566. The molecular formula is C14H20F3N3. The van der Waals surface area contributed by atoms with Crippen LogP contribution in [0.3, 0.4) is 0 Å². The third kappa shape index (κ3) is 3.06. The van der Waals surface area contributed by atoms with E-state index in [1.165, 1.54) is 6.07 Å². The van der Waals surface area contributed by atoms with Crippen LogP contribution in [0.4, 0.5) is 19.0 Å². The summed E-state index contributed by atoms with van der Waals surface area (Å²) in [6.07, 6.45) is -0.356. The molecule has 0 amide bonds. The van der Waals surface area contributed by atoms with E-state index < -0.39 is 11.9 Å². The minimum atomic E-state index is -4.42. The third-order valence-corrected chi connectivity index (χ3v) is 4.23. The highest BCUT2D eigenvalue weighted by Crippen LogP contribution is 2.36. The summed E-state index contributed by atoms with van der Waals surface area (Å²) >= 11 is 0. The van der Waals surface area contributed by atoms with Crippen molar-refractivity contribution in [2.45, 2.75) is 44.3 Å². The first-order valence-corrected chi connectivity index (χ1v) is 6.90. The van der Waals surface area contributed by atoms with E-state index in [9.17, 15) is 13.2 Å². The molecule has 2 atom stereocenters. The number of anilines is 1. The number of hydrogen-bond acceptors (Lipinski definition) is 3. The van der Waals surface area contributed by atoms with Crippen molar-refractivity contribution >= 4 is 5.82 Å². The number of aromatic nitrogens is 1. The summed E-state index contributed by atoms with van der Waals surface area (Å²) in [4.78, 5) is 3.67. The molecular weight excluding hydrogens is 267 g/mol. The first-order valence-electron chi connectivity index (χ1n) is 6.90. The highest BCUT2D eigenvalue weighted by Gasteiger charge is 2.38. The number of alkyl halides is 3. The van der Waals surface area contributed by atoms with Crippen LogP contribution in [-0.4, -0.2) is 17.1 Å². The zero-order valence-corrected chi connectivity index (χ0v) is 11.5. The Balaban J connectivity index is 2.24. The Morgan fingerprint density at radius 3 is 2.75 bits per heavy atom. The largest absolute Gasteiger partial charge is 0.433 e. The van der Waals surface area contributed by atoms with Gasteiger partial charge < -0.3 is 11.1 Å². The van der Waals surface area contributed by atoms with Crippen molar-refractivity contribution < 1.29 is 13.2 Å². The smallest absolute Gasteiger partial charge is 0.363 e. The molecule has 1 heterocycles. The Bertz CT molecular complexity index is 461. The number of halogens is 3. The zero-order chi connectivity index (χ0) is 14.8. The van der Waals surface area contributed by atoms with E-state index in [4.69, 9.17) is 5.73 Å². The van der Waals surface area contributed by atoms with Gasteiger partial charge >= 0.3 is 6.18 Å².